The molecule has 1 saturated carbocycles. The molecule has 0 spiro atoms. The van der Waals surface area contributed by atoms with Crippen molar-refractivity contribution in [2.24, 2.45) is 5.92 Å². The largest absolute Gasteiger partial charge is 0.465 e. The number of alkyl halides is 3. The molecular weight excluding hydrogens is 561 g/mol. The Balaban J connectivity index is 1.45. The van der Waals surface area contributed by atoms with Crippen LogP contribution in [0.4, 0.5) is 23.7 Å². The smallest absolute Gasteiger partial charge is 0.435 e. The molecule has 1 fully saturated rings. The molecule has 9 nitrogen and oxygen atoms in total. The number of carboxylic acid groups (broad SMARTS) is 1. The van der Waals surface area contributed by atoms with E-state index in [0.717, 1.165) is 35.2 Å². The fraction of sp³-hybridized carbons (Fsp3) is 0.226. The van der Waals surface area contributed by atoms with Gasteiger partial charge in [-0.15, -0.1) is 0 Å². The van der Waals surface area contributed by atoms with Gasteiger partial charge < -0.3 is 21.1 Å². The summed E-state index contributed by atoms with van der Waals surface area (Å²) in [7, 11) is 0. The maximum atomic E-state index is 13.7. The van der Waals surface area contributed by atoms with E-state index in [1.165, 1.54) is 18.2 Å². The first-order valence-corrected chi connectivity index (χ1v) is 13.5. The van der Waals surface area contributed by atoms with E-state index in [2.05, 4.69) is 27.1 Å². The van der Waals surface area contributed by atoms with Crippen molar-refractivity contribution >= 4 is 17.7 Å². The van der Waals surface area contributed by atoms with Crippen molar-refractivity contribution in [2.75, 3.05) is 11.9 Å². The van der Waals surface area contributed by atoms with E-state index in [4.69, 9.17) is 5.11 Å². The van der Waals surface area contributed by atoms with Gasteiger partial charge in [0.25, 0.3) is 5.91 Å². The first-order valence-electron chi connectivity index (χ1n) is 13.5. The molecule has 220 valence electrons. The number of halogens is 3. The molecule has 1 aromatic heterocycles. The molecule has 5 rings (SSSR count). The fourth-order valence-corrected chi connectivity index (χ4v) is 4.67. The van der Waals surface area contributed by atoms with Crippen molar-refractivity contribution in [2.45, 2.75) is 31.6 Å². The number of aromatic nitrogens is 2. The Kier molecular flexibility index (Phi) is 8.45. The average Bonchev–Trinajstić information content (AvgIpc) is 3.69. The van der Waals surface area contributed by atoms with Crippen LogP contribution in [0.3, 0.4) is 0 Å². The summed E-state index contributed by atoms with van der Waals surface area (Å²) in [6.07, 6.45) is -3.78. The van der Waals surface area contributed by atoms with Crippen molar-refractivity contribution in [3.05, 3.63) is 113 Å². The van der Waals surface area contributed by atoms with Crippen molar-refractivity contribution in [1.82, 2.24) is 20.4 Å². The van der Waals surface area contributed by atoms with Crippen LogP contribution in [0.15, 0.2) is 78.9 Å². The van der Waals surface area contributed by atoms with Crippen molar-refractivity contribution in [3.8, 4) is 11.8 Å². The van der Waals surface area contributed by atoms with Gasteiger partial charge in [-0.2, -0.15) is 23.5 Å². The fourth-order valence-electron chi connectivity index (χ4n) is 4.67. The molecule has 1 atom stereocenters. The number of rotatable bonds is 10. The lowest BCUT2D eigenvalue weighted by molar-refractivity contribution is -0.141. The van der Waals surface area contributed by atoms with Gasteiger partial charge in [-0.05, 0) is 78.4 Å². The van der Waals surface area contributed by atoms with Crippen LogP contribution in [0.25, 0.3) is 5.69 Å². The number of nitriles is 1. The molecule has 12 heteroatoms. The Labute approximate surface area is 245 Å². The Hall–Kier alpha value is -5.15. The summed E-state index contributed by atoms with van der Waals surface area (Å²) in [5.41, 5.74) is 1.56. The van der Waals surface area contributed by atoms with Crippen LogP contribution in [0, 0.1) is 17.2 Å². The van der Waals surface area contributed by atoms with Gasteiger partial charge in [0.15, 0.2) is 5.69 Å². The van der Waals surface area contributed by atoms with E-state index in [9.17, 15) is 28.0 Å². The van der Waals surface area contributed by atoms with Crippen LogP contribution in [0.1, 0.15) is 57.3 Å². The molecule has 3 aromatic carbocycles. The number of hydrogen-bond donors (Lipinski definition) is 4. The minimum Gasteiger partial charge on any atom is -0.465 e. The summed E-state index contributed by atoms with van der Waals surface area (Å²) in [4.78, 5) is 24.3. The highest BCUT2D eigenvalue weighted by Gasteiger charge is 2.36. The number of benzene rings is 3. The number of nitrogens with zero attached hydrogens (tertiary/aromatic N) is 3. The highest BCUT2D eigenvalue weighted by molar-refractivity contribution is 6.03. The van der Waals surface area contributed by atoms with Gasteiger partial charge in [-0.3, -0.25) is 4.79 Å². The summed E-state index contributed by atoms with van der Waals surface area (Å²) in [5.74, 6) is -0.241. The molecule has 0 aliphatic heterocycles. The molecule has 1 unspecified atom stereocenters. The summed E-state index contributed by atoms with van der Waals surface area (Å²) < 4.78 is 41.9. The summed E-state index contributed by atoms with van der Waals surface area (Å²) in [6.45, 7) is 0.691. The number of amides is 2. The lowest BCUT2D eigenvalue weighted by Crippen LogP contribution is -2.25. The van der Waals surface area contributed by atoms with E-state index in [1.807, 2.05) is 12.1 Å². The van der Waals surface area contributed by atoms with Crippen molar-refractivity contribution < 1.29 is 27.9 Å². The highest BCUT2D eigenvalue weighted by Crippen LogP contribution is 2.32. The quantitative estimate of drug-likeness (QED) is 0.183. The number of hydrogen-bond acceptors (Lipinski definition) is 5. The van der Waals surface area contributed by atoms with Gasteiger partial charge in [0.05, 0.1) is 23.4 Å². The normalized spacial score (nSPS) is 13.6. The standard InChI is InChI=1S/C31H27F3N6O3/c32-31(33,34)27-15-26(40(39-27)25-9-2-5-21(13-25)18-37-30(42)43)29(41)38-24-8-3-7-23(14-24)28(36-17-19-10-11-19)22-6-1-4-20(12-22)16-35/h1-9,12-15,19,28,36-37H,10-11,17-18H2,(H,38,41)(H,42,43). The zero-order valence-corrected chi connectivity index (χ0v) is 22.7. The molecule has 2 amide bonds. The van der Waals surface area contributed by atoms with Crippen LogP contribution >= 0.6 is 0 Å². The maximum absolute atomic E-state index is 13.7. The first-order chi connectivity index (χ1) is 20.6. The molecule has 1 aliphatic carbocycles. The third-order valence-corrected chi connectivity index (χ3v) is 6.97. The Morgan fingerprint density at radius 1 is 1.02 bits per heavy atom. The second-order valence-corrected chi connectivity index (χ2v) is 10.3. The summed E-state index contributed by atoms with van der Waals surface area (Å²) in [5, 5.41) is 30.4. The number of carbonyl (C=O) groups excluding carboxylic acids is 1. The van der Waals surface area contributed by atoms with E-state index < -0.39 is 23.9 Å². The van der Waals surface area contributed by atoms with Crippen LogP contribution in [-0.4, -0.2) is 33.4 Å². The van der Waals surface area contributed by atoms with E-state index >= 15 is 0 Å². The molecule has 0 saturated heterocycles. The minimum atomic E-state index is -4.80. The van der Waals surface area contributed by atoms with E-state index in [-0.39, 0.29) is 24.0 Å². The number of nitrogens with one attached hydrogen (secondary N) is 3. The average molecular weight is 589 g/mol. The molecule has 0 radical (unpaired) electrons. The van der Waals surface area contributed by atoms with Crippen molar-refractivity contribution in [3.63, 3.8) is 0 Å². The minimum absolute atomic E-state index is 0.0852. The third kappa shape index (κ3) is 7.38. The SMILES string of the molecule is N#Cc1cccc(C(NCC2CC2)c2cccc(NC(=O)c3cc(C(F)(F)F)nn3-c3cccc(CNC(=O)O)c3)c2)c1. The van der Waals surface area contributed by atoms with Gasteiger partial charge in [-0.1, -0.05) is 36.4 Å². The van der Waals surface area contributed by atoms with Gasteiger partial charge >= 0.3 is 12.3 Å². The Morgan fingerprint density at radius 2 is 1.74 bits per heavy atom. The molecule has 43 heavy (non-hydrogen) atoms. The molecule has 1 heterocycles. The van der Waals surface area contributed by atoms with Gasteiger partial charge in [0.1, 0.15) is 5.69 Å². The number of carbonyl (C=O) groups is 2. The topological polar surface area (TPSA) is 132 Å². The highest BCUT2D eigenvalue weighted by atomic mass is 19.4. The molecule has 4 aromatic rings. The predicted octanol–water partition coefficient (Wildman–Crippen LogP) is 5.87. The Morgan fingerprint density at radius 3 is 2.44 bits per heavy atom. The molecule has 1 aliphatic rings. The third-order valence-electron chi connectivity index (χ3n) is 6.97. The number of anilines is 1. The first kappa shape index (κ1) is 29.3. The van der Waals surface area contributed by atoms with Gasteiger partial charge in [-0.25, -0.2) is 9.48 Å². The molecule has 0 bridgehead atoms. The maximum Gasteiger partial charge on any atom is 0.435 e. The molecular formula is C31H27F3N6O3. The summed E-state index contributed by atoms with van der Waals surface area (Å²) in [6, 6.07) is 22.8. The second-order valence-electron chi connectivity index (χ2n) is 10.3. The van der Waals surface area contributed by atoms with Crippen molar-refractivity contribution in [1.29, 1.82) is 5.26 Å². The second kappa shape index (κ2) is 12.4. The van der Waals surface area contributed by atoms with Gasteiger partial charge in [0, 0.05) is 18.3 Å². The van der Waals surface area contributed by atoms with Crippen LogP contribution in [0.2, 0.25) is 0 Å². The van der Waals surface area contributed by atoms with Crippen LogP contribution in [0.5, 0.6) is 0 Å². The Bertz CT molecular complexity index is 1690. The van der Waals surface area contributed by atoms with E-state index in [1.54, 1.807) is 42.5 Å². The lowest BCUT2D eigenvalue weighted by Gasteiger charge is -2.21. The predicted molar refractivity (Wildman–Crippen MR) is 152 cm³/mol. The zero-order valence-electron chi connectivity index (χ0n) is 22.7. The van der Waals surface area contributed by atoms with Crippen LogP contribution in [-0.2, 0) is 12.7 Å². The zero-order chi connectivity index (χ0) is 30.6. The monoisotopic (exact) mass is 588 g/mol. The summed E-state index contributed by atoms with van der Waals surface area (Å²) >= 11 is 0. The van der Waals surface area contributed by atoms with Gasteiger partial charge in [0.2, 0.25) is 0 Å². The van der Waals surface area contributed by atoms with E-state index in [0.29, 0.717) is 28.8 Å². The molecule has 4 N–H and O–H groups in total. The van der Waals surface area contributed by atoms with Crippen LogP contribution < -0.4 is 16.0 Å². The lowest BCUT2D eigenvalue weighted by atomic mass is 9.96.